The van der Waals surface area contributed by atoms with Crippen LogP contribution >= 0.6 is 0 Å². The molecule has 2 rings (SSSR count). The average Bonchev–Trinajstić information content (AvgIpc) is 3.05. The van der Waals surface area contributed by atoms with Gasteiger partial charge in [-0.3, -0.25) is 4.68 Å². The highest BCUT2D eigenvalue weighted by Crippen LogP contribution is 2.14. The van der Waals surface area contributed by atoms with E-state index < -0.39 is 16.6 Å². The Morgan fingerprint density at radius 2 is 2.04 bits per heavy atom. The fourth-order valence-corrected chi connectivity index (χ4v) is 3.22. The fourth-order valence-electron chi connectivity index (χ4n) is 2.12. The molecule has 23 heavy (non-hydrogen) atoms. The van der Waals surface area contributed by atoms with Crippen molar-refractivity contribution in [1.82, 2.24) is 24.3 Å². The van der Waals surface area contributed by atoms with Crippen molar-refractivity contribution in [3.63, 3.8) is 0 Å². The van der Waals surface area contributed by atoms with Gasteiger partial charge in [-0.25, -0.2) is 17.8 Å². The Hall–Kier alpha value is -1.81. The van der Waals surface area contributed by atoms with E-state index in [0.717, 1.165) is 23.8 Å². The molecule has 7 nitrogen and oxygen atoms in total. The first-order chi connectivity index (χ1) is 10.7. The Labute approximate surface area is 133 Å². The van der Waals surface area contributed by atoms with Crippen LogP contribution < -0.4 is 4.72 Å². The van der Waals surface area contributed by atoms with Crippen molar-refractivity contribution in [3.05, 3.63) is 29.8 Å². The highest BCUT2D eigenvalue weighted by molar-refractivity contribution is 7.89. The van der Waals surface area contributed by atoms with Crippen LogP contribution in [-0.2, 0) is 16.6 Å². The normalized spacial score (nSPS) is 13.7. The highest BCUT2D eigenvalue weighted by Gasteiger charge is 2.19. The molecular weight excluding hydrogens is 328 g/mol. The molecule has 0 saturated heterocycles. The zero-order valence-corrected chi connectivity index (χ0v) is 13.9. The lowest BCUT2D eigenvalue weighted by Crippen LogP contribution is -2.30. The standard InChI is InChI=1S/C13H19F2N5O2S/c1-9(7-19-11(3)4-10(2)18-19)5-17-23(21,22)12-6-16-20(8-12)13(14)15/h4,6,8-9,13,17H,5,7H2,1-3H3/t9-/m1/s1. The van der Waals surface area contributed by atoms with Crippen LogP contribution in [0.5, 0.6) is 0 Å². The molecule has 2 aromatic heterocycles. The molecule has 0 spiro atoms. The summed E-state index contributed by atoms with van der Waals surface area (Å²) in [5.74, 6) is -0.0204. The van der Waals surface area contributed by atoms with E-state index >= 15 is 0 Å². The van der Waals surface area contributed by atoms with Crippen molar-refractivity contribution in [2.45, 2.75) is 38.8 Å². The summed E-state index contributed by atoms with van der Waals surface area (Å²) in [7, 11) is -3.86. The molecule has 0 amide bonds. The molecule has 2 heterocycles. The summed E-state index contributed by atoms with van der Waals surface area (Å²) in [6.07, 6.45) is 1.71. The number of hydrogen-bond donors (Lipinski definition) is 1. The van der Waals surface area contributed by atoms with E-state index in [1.165, 1.54) is 0 Å². The molecule has 2 aromatic rings. The van der Waals surface area contributed by atoms with E-state index in [1.54, 1.807) is 0 Å². The van der Waals surface area contributed by atoms with E-state index in [-0.39, 0.29) is 17.4 Å². The van der Waals surface area contributed by atoms with Crippen LogP contribution in [0, 0.1) is 19.8 Å². The number of alkyl halides is 2. The maximum atomic E-state index is 12.4. The van der Waals surface area contributed by atoms with Gasteiger partial charge in [-0.05, 0) is 25.8 Å². The van der Waals surface area contributed by atoms with Gasteiger partial charge in [0, 0.05) is 18.8 Å². The van der Waals surface area contributed by atoms with Crippen molar-refractivity contribution in [3.8, 4) is 0 Å². The first kappa shape index (κ1) is 17.5. The molecule has 10 heteroatoms. The van der Waals surface area contributed by atoms with Gasteiger partial charge in [-0.1, -0.05) is 6.92 Å². The monoisotopic (exact) mass is 347 g/mol. The maximum absolute atomic E-state index is 12.4. The molecule has 128 valence electrons. The number of rotatable bonds is 7. The second kappa shape index (κ2) is 6.75. The lowest BCUT2D eigenvalue weighted by Gasteiger charge is -2.13. The first-order valence-corrected chi connectivity index (χ1v) is 8.50. The van der Waals surface area contributed by atoms with Crippen LogP contribution in [0.25, 0.3) is 0 Å². The topological polar surface area (TPSA) is 81.8 Å². The van der Waals surface area contributed by atoms with Crippen molar-refractivity contribution in [2.24, 2.45) is 5.92 Å². The minimum absolute atomic E-state index is 0.0204. The Bertz CT molecular complexity index is 769. The maximum Gasteiger partial charge on any atom is 0.333 e. The summed E-state index contributed by atoms with van der Waals surface area (Å²) in [5.41, 5.74) is 1.89. The number of aryl methyl sites for hydroxylation is 2. The third-order valence-electron chi connectivity index (χ3n) is 3.30. The molecule has 1 atom stereocenters. The number of sulfonamides is 1. The Morgan fingerprint density at radius 1 is 1.35 bits per heavy atom. The van der Waals surface area contributed by atoms with Crippen molar-refractivity contribution < 1.29 is 17.2 Å². The average molecular weight is 347 g/mol. The van der Waals surface area contributed by atoms with Crippen molar-refractivity contribution in [1.29, 1.82) is 0 Å². The highest BCUT2D eigenvalue weighted by atomic mass is 32.2. The van der Waals surface area contributed by atoms with Crippen molar-refractivity contribution in [2.75, 3.05) is 6.54 Å². The zero-order chi connectivity index (χ0) is 17.2. The SMILES string of the molecule is Cc1cc(C)n(C[C@H](C)CNS(=O)(=O)c2cnn(C(F)F)c2)n1. The van der Waals surface area contributed by atoms with Gasteiger partial charge in [0.15, 0.2) is 0 Å². The number of hydrogen-bond acceptors (Lipinski definition) is 4. The molecule has 0 saturated carbocycles. The molecular formula is C13H19F2N5O2S. The number of nitrogens with one attached hydrogen (secondary N) is 1. The predicted molar refractivity (Wildman–Crippen MR) is 79.5 cm³/mol. The van der Waals surface area contributed by atoms with Crippen LogP contribution in [-0.4, -0.2) is 34.5 Å². The summed E-state index contributed by atoms with van der Waals surface area (Å²) in [5, 5.41) is 7.64. The molecule has 0 aromatic carbocycles. The Kier molecular flexibility index (Phi) is 5.15. The van der Waals surface area contributed by atoms with Crippen LogP contribution in [0.2, 0.25) is 0 Å². The third kappa shape index (κ3) is 4.35. The minimum Gasteiger partial charge on any atom is -0.269 e. The smallest absolute Gasteiger partial charge is 0.269 e. The molecule has 0 aliphatic carbocycles. The van der Waals surface area contributed by atoms with Gasteiger partial charge in [0.05, 0.1) is 18.1 Å². The Balaban J connectivity index is 1.96. The zero-order valence-electron chi connectivity index (χ0n) is 13.1. The van der Waals surface area contributed by atoms with Gasteiger partial charge in [-0.2, -0.15) is 19.0 Å². The van der Waals surface area contributed by atoms with Gasteiger partial charge in [0.25, 0.3) is 0 Å². The second-order valence-electron chi connectivity index (χ2n) is 5.50. The van der Waals surface area contributed by atoms with E-state index in [0.29, 0.717) is 11.2 Å². The lowest BCUT2D eigenvalue weighted by atomic mass is 10.2. The summed E-state index contributed by atoms with van der Waals surface area (Å²) in [6, 6.07) is 1.94. The number of halogens is 2. The van der Waals surface area contributed by atoms with Gasteiger partial charge in [0.2, 0.25) is 10.0 Å². The molecule has 0 radical (unpaired) electrons. The summed E-state index contributed by atoms with van der Waals surface area (Å²) in [4.78, 5) is -0.281. The number of nitrogens with zero attached hydrogens (tertiary/aromatic N) is 4. The van der Waals surface area contributed by atoms with E-state index in [1.807, 2.05) is 31.5 Å². The second-order valence-corrected chi connectivity index (χ2v) is 7.27. The molecule has 0 fully saturated rings. The largest absolute Gasteiger partial charge is 0.333 e. The van der Waals surface area contributed by atoms with E-state index in [2.05, 4.69) is 14.9 Å². The summed E-state index contributed by atoms with van der Waals surface area (Å²) >= 11 is 0. The summed E-state index contributed by atoms with van der Waals surface area (Å²) in [6.45, 7) is 3.54. The molecule has 0 aliphatic heterocycles. The quantitative estimate of drug-likeness (QED) is 0.827. The predicted octanol–water partition coefficient (Wildman–Crippen LogP) is 1.71. The van der Waals surface area contributed by atoms with E-state index in [9.17, 15) is 17.2 Å². The number of aromatic nitrogens is 4. The van der Waals surface area contributed by atoms with Gasteiger partial charge < -0.3 is 0 Å². The molecule has 1 N–H and O–H groups in total. The van der Waals surface area contributed by atoms with Crippen LogP contribution in [0.4, 0.5) is 8.78 Å². The van der Waals surface area contributed by atoms with Crippen LogP contribution in [0.3, 0.4) is 0 Å². The molecule has 0 bridgehead atoms. The van der Waals surface area contributed by atoms with Crippen LogP contribution in [0.15, 0.2) is 23.4 Å². The minimum atomic E-state index is -3.86. The van der Waals surface area contributed by atoms with Gasteiger partial charge in [0.1, 0.15) is 4.90 Å². The first-order valence-electron chi connectivity index (χ1n) is 7.02. The fraction of sp³-hybridized carbons (Fsp3) is 0.538. The van der Waals surface area contributed by atoms with Crippen LogP contribution in [0.1, 0.15) is 24.9 Å². The lowest BCUT2D eigenvalue weighted by molar-refractivity contribution is 0.0564. The molecule has 0 aliphatic rings. The van der Waals surface area contributed by atoms with Gasteiger partial charge in [-0.15, -0.1) is 0 Å². The summed E-state index contributed by atoms with van der Waals surface area (Å²) < 4.78 is 53.5. The van der Waals surface area contributed by atoms with Crippen molar-refractivity contribution >= 4 is 10.0 Å². The van der Waals surface area contributed by atoms with E-state index in [4.69, 9.17) is 0 Å². The van der Waals surface area contributed by atoms with Gasteiger partial charge >= 0.3 is 6.55 Å². The third-order valence-corrected chi connectivity index (χ3v) is 4.68. The Morgan fingerprint density at radius 3 is 2.57 bits per heavy atom. The molecule has 0 unspecified atom stereocenters.